The lowest BCUT2D eigenvalue weighted by Crippen LogP contribution is -2.45. The number of aromatic nitrogens is 2. The second-order valence-corrected chi connectivity index (χ2v) is 11.3. The van der Waals surface area contributed by atoms with E-state index in [0.717, 1.165) is 94.2 Å². The number of nitrogens with zero attached hydrogens (tertiary/aromatic N) is 4. The van der Waals surface area contributed by atoms with Crippen molar-refractivity contribution in [3.05, 3.63) is 34.2 Å². The summed E-state index contributed by atoms with van der Waals surface area (Å²) in [5.41, 5.74) is 3.63. The summed E-state index contributed by atoms with van der Waals surface area (Å²) in [6, 6.07) is 7.61. The topological polar surface area (TPSA) is 42.6 Å². The van der Waals surface area contributed by atoms with E-state index in [0.29, 0.717) is 6.04 Å². The number of fused-ring (bicyclic) bond motifs is 1. The Hall–Kier alpha value is -1.63. The fourth-order valence-electron chi connectivity index (χ4n) is 6.67. The third-order valence-electron chi connectivity index (χ3n) is 8.93. The van der Waals surface area contributed by atoms with Crippen LogP contribution >= 0.6 is 0 Å². The van der Waals surface area contributed by atoms with Crippen LogP contribution in [0.5, 0.6) is 0 Å². The lowest BCUT2D eigenvalue weighted by atomic mass is 9.79. The molecule has 2 aliphatic heterocycles. The largest absolute Gasteiger partial charge is 0.379 e. The van der Waals surface area contributed by atoms with E-state index in [2.05, 4.69) is 53.3 Å². The van der Waals surface area contributed by atoms with E-state index in [1.807, 2.05) is 4.57 Å². The zero-order chi connectivity index (χ0) is 23.7. The number of ether oxygens (including phenoxy) is 1. The Kier molecular flexibility index (Phi) is 7.47. The Morgan fingerprint density at radius 2 is 1.59 bits per heavy atom. The molecule has 0 spiro atoms. The van der Waals surface area contributed by atoms with Gasteiger partial charge in [0.2, 0.25) is 0 Å². The minimum Gasteiger partial charge on any atom is -0.379 e. The molecule has 188 valence electrons. The van der Waals surface area contributed by atoms with Crippen LogP contribution in [-0.2, 0) is 11.3 Å². The van der Waals surface area contributed by atoms with E-state index in [1.54, 1.807) is 0 Å². The first-order chi connectivity index (χ1) is 16.5. The van der Waals surface area contributed by atoms with Gasteiger partial charge in [-0.25, -0.2) is 4.79 Å². The molecular weight excluding hydrogens is 424 g/mol. The van der Waals surface area contributed by atoms with Crippen molar-refractivity contribution in [1.82, 2.24) is 18.9 Å². The highest BCUT2D eigenvalue weighted by Crippen LogP contribution is 2.35. The van der Waals surface area contributed by atoms with Gasteiger partial charge in [0.25, 0.3) is 0 Å². The van der Waals surface area contributed by atoms with Crippen LogP contribution in [0.2, 0.25) is 0 Å². The number of rotatable bonds is 6. The van der Waals surface area contributed by atoms with Crippen molar-refractivity contribution in [2.75, 3.05) is 45.9 Å². The molecule has 5 rings (SSSR count). The van der Waals surface area contributed by atoms with Gasteiger partial charge in [-0.2, -0.15) is 0 Å². The molecule has 1 saturated carbocycles. The highest BCUT2D eigenvalue weighted by atomic mass is 16.5. The third kappa shape index (κ3) is 5.00. The molecule has 0 amide bonds. The maximum Gasteiger partial charge on any atom is 0.329 e. The Morgan fingerprint density at radius 3 is 2.26 bits per heavy atom. The number of morpholine rings is 1. The fraction of sp³-hybridized carbons (Fsp3) is 0.750. The smallest absolute Gasteiger partial charge is 0.329 e. The van der Waals surface area contributed by atoms with E-state index >= 15 is 0 Å². The Morgan fingerprint density at radius 1 is 0.882 bits per heavy atom. The molecule has 1 aliphatic carbocycles. The average molecular weight is 469 g/mol. The van der Waals surface area contributed by atoms with Crippen LogP contribution < -0.4 is 5.69 Å². The quantitative estimate of drug-likeness (QED) is 0.634. The summed E-state index contributed by atoms with van der Waals surface area (Å²) in [7, 11) is 0. The molecule has 0 radical (unpaired) electrons. The van der Waals surface area contributed by atoms with Crippen LogP contribution in [0.4, 0.5) is 0 Å². The lowest BCUT2D eigenvalue weighted by Gasteiger charge is -2.41. The lowest BCUT2D eigenvalue weighted by molar-refractivity contribution is 0.0363. The first-order valence-electron chi connectivity index (χ1n) is 13.8. The highest BCUT2D eigenvalue weighted by molar-refractivity contribution is 5.77. The van der Waals surface area contributed by atoms with Crippen molar-refractivity contribution >= 4 is 11.0 Å². The molecule has 3 heterocycles. The van der Waals surface area contributed by atoms with Gasteiger partial charge in [-0.1, -0.05) is 19.9 Å². The zero-order valence-electron chi connectivity index (χ0n) is 21.5. The van der Waals surface area contributed by atoms with Gasteiger partial charge in [0.05, 0.1) is 24.2 Å². The second kappa shape index (κ2) is 10.5. The van der Waals surface area contributed by atoms with Crippen molar-refractivity contribution < 1.29 is 4.74 Å². The molecule has 1 aromatic carbocycles. The van der Waals surface area contributed by atoms with Gasteiger partial charge in [0.1, 0.15) is 0 Å². The standard InChI is InChI=1S/C28H44N4O2/c1-21(2)23-5-7-24(8-6-23)30-12-10-25(11-13-30)32-26-9-4-22(3)20-27(26)31(28(32)33)15-14-29-16-18-34-19-17-29/h4,9,20-21,23-25H,5-8,10-19H2,1-3H3/t23-,24+. The number of hydrogen-bond donors (Lipinski definition) is 0. The summed E-state index contributed by atoms with van der Waals surface area (Å²) in [5.74, 6) is 1.74. The molecule has 0 unspecified atom stereocenters. The van der Waals surface area contributed by atoms with E-state index in [9.17, 15) is 4.79 Å². The zero-order valence-corrected chi connectivity index (χ0v) is 21.5. The number of benzene rings is 1. The molecular formula is C28H44N4O2. The molecule has 34 heavy (non-hydrogen) atoms. The summed E-state index contributed by atoms with van der Waals surface area (Å²) in [6.07, 6.45) is 7.65. The van der Waals surface area contributed by atoms with Crippen molar-refractivity contribution in [2.45, 2.75) is 77.9 Å². The van der Waals surface area contributed by atoms with E-state index < -0.39 is 0 Å². The Bertz CT molecular complexity index is 1000. The van der Waals surface area contributed by atoms with Gasteiger partial charge in [-0.3, -0.25) is 14.0 Å². The molecule has 0 atom stereocenters. The van der Waals surface area contributed by atoms with Crippen LogP contribution in [0.25, 0.3) is 11.0 Å². The van der Waals surface area contributed by atoms with Crippen LogP contribution in [0.15, 0.2) is 23.0 Å². The Balaban J connectivity index is 1.29. The first-order valence-corrected chi connectivity index (χ1v) is 13.8. The molecule has 1 aromatic heterocycles. The highest BCUT2D eigenvalue weighted by Gasteiger charge is 2.31. The van der Waals surface area contributed by atoms with E-state index in [1.165, 1.54) is 31.2 Å². The van der Waals surface area contributed by atoms with Crippen molar-refractivity contribution in [2.24, 2.45) is 11.8 Å². The summed E-state index contributed by atoms with van der Waals surface area (Å²) < 4.78 is 9.67. The van der Waals surface area contributed by atoms with Crippen LogP contribution in [0, 0.1) is 18.8 Å². The van der Waals surface area contributed by atoms with Crippen molar-refractivity contribution in [3.8, 4) is 0 Å². The van der Waals surface area contributed by atoms with Crippen LogP contribution in [0.3, 0.4) is 0 Å². The monoisotopic (exact) mass is 468 g/mol. The minimum atomic E-state index is 0.185. The van der Waals surface area contributed by atoms with Crippen LogP contribution in [0.1, 0.15) is 64.0 Å². The van der Waals surface area contributed by atoms with Crippen molar-refractivity contribution in [1.29, 1.82) is 0 Å². The predicted octanol–water partition coefficient (Wildman–Crippen LogP) is 4.30. The summed E-state index contributed by atoms with van der Waals surface area (Å²) in [4.78, 5) is 18.9. The molecule has 0 N–H and O–H groups in total. The fourth-order valence-corrected chi connectivity index (χ4v) is 6.67. The molecule has 6 heteroatoms. The maximum absolute atomic E-state index is 13.7. The third-order valence-corrected chi connectivity index (χ3v) is 8.93. The SMILES string of the molecule is Cc1ccc2c(c1)n(CCN1CCOCC1)c(=O)n2C1CCN([C@H]2CC[C@@H](C(C)C)CC2)CC1. The van der Waals surface area contributed by atoms with Crippen molar-refractivity contribution in [3.63, 3.8) is 0 Å². The van der Waals surface area contributed by atoms with Crippen LogP contribution in [-0.4, -0.2) is 70.9 Å². The number of hydrogen-bond acceptors (Lipinski definition) is 4. The summed E-state index contributed by atoms with van der Waals surface area (Å²) in [6.45, 7) is 14.3. The molecule has 2 aromatic rings. The molecule has 0 bridgehead atoms. The normalized spacial score (nSPS) is 26.0. The van der Waals surface area contributed by atoms with Gasteiger partial charge in [-0.05, 0) is 75.0 Å². The molecule has 3 aliphatic rings. The molecule has 2 saturated heterocycles. The number of imidazole rings is 1. The summed E-state index contributed by atoms with van der Waals surface area (Å²) >= 11 is 0. The Labute approximate surface area is 204 Å². The number of likely N-dealkylation sites (tertiary alicyclic amines) is 1. The summed E-state index contributed by atoms with van der Waals surface area (Å²) in [5, 5.41) is 0. The maximum atomic E-state index is 13.7. The number of piperidine rings is 1. The van der Waals surface area contributed by atoms with Gasteiger partial charge >= 0.3 is 5.69 Å². The van der Waals surface area contributed by atoms with Gasteiger partial charge in [-0.15, -0.1) is 0 Å². The van der Waals surface area contributed by atoms with Gasteiger partial charge < -0.3 is 9.64 Å². The van der Waals surface area contributed by atoms with Gasteiger partial charge in [0, 0.05) is 51.4 Å². The average Bonchev–Trinajstić information content (AvgIpc) is 3.13. The number of aryl methyl sites for hydroxylation is 1. The van der Waals surface area contributed by atoms with Gasteiger partial charge in [0.15, 0.2) is 0 Å². The van der Waals surface area contributed by atoms with E-state index in [4.69, 9.17) is 4.74 Å². The second-order valence-electron chi connectivity index (χ2n) is 11.3. The minimum absolute atomic E-state index is 0.185. The predicted molar refractivity (Wildman–Crippen MR) is 139 cm³/mol. The molecule has 3 fully saturated rings. The molecule has 6 nitrogen and oxygen atoms in total. The van der Waals surface area contributed by atoms with E-state index in [-0.39, 0.29) is 5.69 Å². The first kappa shape index (κ1) is 24.1.